The predicted molar refractivity (Wildman–Crippen MR) is 91.1 cm³/mol. The van der Waals surface area contributed by atoms with E-state index in [0.717, 1.165) is 28.2 Å². The third kappa shape index (κ3) is 2.82. The van der Waals surface area contributed by atoms with Crippen LogP contribution in [0, 0.1) is 0 Å². The Morgan fingerprint density at radius 2 is 1.74 bits per heavy atom. The minimum Gasteiger partial charge on any atom is -0.324 e. The summed E-state index contributed by atoms with van der Waals surface area (Å²) in [4.78, 5) is 8.95. The Balaban J connectivity index is 1.77. The number of benzene rings is 1. The molecule has 0 atom stereocenters. The lowest BCUT2D eigenvalue weighted by Gasteiger charge is -2.11. The first-order valence-corrected chi connectivity index (χ1v) is 7.23. The van der Waals surface area contributed by atoms with Crippen LogP contribution in [0.1, 0.15) is 0 Å². The molecule has 0 radical (unpaired) electrons. The minimum atomic E-state index is 0.717. The van der Waals surface area contributed by atoms with E-state index in [0.29, 0.717) is 5.82 Å². The summed E-state index contributed by atoms with van der Waals surface area (Å²) in [7, 11) is 0. The quantitative estimate of drug-likeness (QED) is 0.534. The van der Waals surface area contributed by atoms with Gasteiger partial charge in [-0.1, -0.05) is 30.3 Å². The summed E-state index contributed by atoms with van der Waals surface area (Å²) in [6.07, 6.45) is 3.51. The summed E-state index contributed by atoms with van der Waals surface area (Å²) in [5.41, 5.74) is 0. The molecule has 0 bridgehead atoms. The highest BCUT2D eigenvalue weighted by Crippen LogP contribution is 2.27. The molecule has 0 unspecified atom stereocenters. The van der Waals surface area contributed by atoms with E-state index in [-0.39, 0.29) is 0 Å². The van der Waals surface area contributed by atoms with Crippen LogP contribution in [0.15, 0.2) is 67.0 Å². The average Bonchev–Trinajstić information content (AvgIpc) is 3.09. The average molecular weight is 302 g/mol. The van der Waals surface area contributed by atoms with E-state index < -0.39 is 0 Å². The van der Waals surface area contributed by atoms with Crippen LogP contribution >= 0.6 is 0 Å². The lowest BCUT2D eigenvalue weighted by Crippen LogP contribution is -2.00. The minimum absolute atomic E-state index is 0.717. The van der Waals surface area contributed by atoms with Gasteiger partial charge in [0.15, 0.2) is 5.82 Å². The molecule has 0 fully saturated rings. The highest BCUT2D eigenvalue weighted by Gasteiger charge is 2.07. The molecule has 112 valence electrons. The molecule has 0 aliphatic rings. The molecule has 0 spiro atoms. The van der Waals surface area contributed by atoms with Gasteiger partial charge in [-0.15, -0.1) is 0 Å². The lowest BCUT2D eigenvalue weighted by molar-refractivity contribution is 1.09. The van der Waals surface area contributed by atoms with E-state index in [1.165, 1.54) is 0 Å². The molecular formula is C17H14N6. The van der Waals surface area contributed by atoms with Crippen molar-refractivity contribution < 1.29 is 0 Å². The van der Waals surface area contributed by atoms with Crippen LogP contribution in [0.5, 0.6) is 0 Å². The number of aromatic amines is 1. The lowest BCUT2D eigenvalue weighted by atomic mass is 10.1. The number of rotatable bonds is 4. The zero-order valence-electron chi connectivity index (χ0n) is 12.2. The summed E-state index contributed by atoms with van der Waals surface area (Å²) in [6.45, 7) is 0. The number of nitrogens with zero attached hydrogens (tertiary/aromatic N) is 3. The van der Waals surface area contributed by atoms with Gasteiger partial charge in [0, 0.05) is 23.8 Å². The summed E-state index contributed by atoms with van der Waals surface area (Å²) < 4.78 is 0. The van der Waals surface area contributed by atoms with Gasteiger partial charge in [0.1, 0.15) is 17.5 Å². The Morgan fingerprint density at radius 3 is 2.57 bits per heavy atom. The molecule has 3 aromatic heterocycles. The summed E-state index contributed by atoms with van der Waals surface area (Å²) in [6, 6.07) is 17.7. The molecule has 6 nitrogen and oxygen atoms in total. The standard InChI is InChI=1S/C17H14N6/c1-2-6-13-12(5-1)11-16(20-15-8-10-19-23-15)22-17(13)21-14-7-3-4-9-18-14/h1-11H,(H3,18,19,20,21,22,23). The smallest absolute Gasteiger partial charge is 0.153 e. The number of anilines is 4. The first-order chi connectivity index (χ1) is 11.4. The van der Waals surface area contributed by atoms with Crippen LogP contribution < -0.4 is 10.6 Å². The molecule has 23 heavy (non-hydrogen) atoms. The van der Waals surface area contributed by atoms with Gasteiger partial charge in [-0.25, -0.2) is 9.97 Å². The fraction of sp³-hybridized carbons (Fsp3) is 0. The summed E-state index contributed by atoms with van der Waals surface area (Å²) in [5.74, 6) is 2.94. The Bertz CT molecular complexity index is 918. The summed E-state index contributed by atoms with van der Waals surface area (Å²) in [5, 5.41) is 15.5. The Labute approximate surface area is 132 Å². The second-order valence-corrected chi connectivity index (χ2v) is 5.00. The molecule has 3 heterocycles. The highest BCUT2D eigenvalue weighted by atomic mass is 15.2. The third-order valence-corrected chi connectivity index (χ3v) is 3.41. The van der Waals surface area contributed by atoms with Gasteiger partial charge < -0.3 is 10.6 Å². The van der Waals surface area contributed by atoms with Crippen molar-refractivity contribution in [1.29, 1.82) is 0 Å². The maximum absolute atomic E-state index is 4.65. The van der Waals surface area contributed by atoms with Gasteiger partial charge in [-0.2, -0.15) is 5.10 Å². The predicted octanol–water partition coefficient (Wildman–Crippen LogP) is 3.84. The molecule has 6 heteroatoms. The number of H-pyrrole nitrogens is 1. The first-order valence-electron chi connectivity index (χ1n) is 7.23. The van der Waals surface area contributed by atoms with E-state index in [1.807, 2.05) is 48.5 Å². The molecule has 0 saturated carbocycles. The van der Waals surface area contributed by atoms with Crippen LogP contribution in [0.25, 0.3) is 10.8 Å². The Kier molecular flexibility index (Phi) is 3.32. The fourth-order valence-corrected chi connectivity index (χ4v) is 2.38. The molecule has 1 aromatic carbocycles. The second kappa shape index (κ2) is 5.76. The molecule has 0 amide bonds. The normalized spacial score (nSPS) is 10.6. The van der Waals surface area contributed by atoms with E-state index in [9.17, 15) is 0 Å². The number of fused-ring (bicyclic) bond motifs is 1. The van der Waals surface area contributed by atoms with Gasteiger partial charge in [0.2, 0.25) is 0 Å². The number of nitrogens with one attached hydrogen (secondary N) is 3. The number of aromatic nitrogens is 4. The summed E-state index contributed by atoms with van der Waals surface area (Å²) >= 11 is 0. The third-order valence-electron chi connectivity index (χ3n) is 3.41. The topological polar surface area (TPSA) is 78.5 Å². The monoisotopic (exact) mass is 302 g/mol. The molecule has 4 aromatic rings. The Morgan fingerprint density at radius 1 is 0.826 bits per heavy atom. The second-order valence-electron chi connectivity index (χ2n) is 5.00. The molecule has 0 aliphatic heterocycles. The number of hydrogen-bond donors (Lipinski definition) is 3. The van der Waals surface area contributed by atoms with Gasteiger partial charge in [-0.05, 0) is 23.6 Å². The van der Waals surface area contributed by atoms with Crippen molar-refractivity contribution in [2.24, 2.45) is 0 Å². The van der Waals surface area contributed by atoms with Crippen molar-refractivity contribution >= 4 is 34.0 Å². The van der Waals surface area contributed by atoms with E-state index in [2.05, 4.69) is 36.9 Å². The van der Waals surface area contributed by atoms with Crippen LogP contribution in [-0.2, 0) is 0 Å². The Hall–Kier alpha value is -3.41. The molecule has 4 rings (SSSR count). The van der Waals surface area contributed by atoms with Crippen LogP contribution in [0.2, 0.25) is 0 Å². The van der Waals surface area contributed by atoms with E-state index in [4.69, 9.17) is 0 Å². The van der Waals surface area contributed by atoms with Crippen molar-refractivity contribution in [3.63, 3.8) is 0 Å². The zero-order valence-corrected chi connectivity index (χ0v) is 12.2. The van der Waals surface area contributed by atoms with Gasteiger partial charge in [0.05, 0.1) is 0 Å². The van der Waals surface area contributed by atoms with Gasteiger partial charge >= 0.3 is 0 Å². The van der Waals surface area contributed by atoms with Crippen LogP contribution in [0.3, 0.4) is 0 Å². The van der Waals surface area contributed by atoms with Crippen molar-refractivity contribution in [3.8, 4) is 0 Å². The van der Waals surface area contributed by atoms with Gasteiger partial charge in [-0.3, -0.25) is 5.10 Å². The first kappa shape index (κ1) is 13.3. The largest absolute Gasteiger partial charge is 0.324 e. The van der Waals surface area contributed by atoms with E-state index in [1.54, 1.807) is 12.4 Å². The van der Waals surface area contributed by atoms with Crippen molar-refractivity contribution in [2.75, 3.05) is 10.6 Å². The van der Waals surface area contributed by atoms with Crippen molar-refractivity contribution in [3.05, 3.63) is 67.0 Å². The number of pyridine rings is 2. The maximum atomic E-state index is 4.65. The fourth-order valence-electron chi connectivity index (χ4n) is 2.38. The molecular weight excluding hydrogens is 288 g/mol. The highest BCUT2D eigenvalue weighted by molar-refractivity contribution is 5.95. The molecule has 3 N–H and O–H groups in total. The van der Waals surface area contributed by atoms with Crippen LogP contribution in [-0.4, -0.2) is 20.2 Å². The van der Waals surface area contributed by atoms with Crippen molar-refractivity contribution in [1.82, 2.24) is 20.2 Å². The number of hydrogen-bond acceptors (Lipinski definition) is 5. The molecule has 0 aliphatic carbocycles. The van der Waals surface area contributed by atoms with Gasteiger partial charge in [0.25, 0.3) is 0 Å². The maximum Gasteiger partial charge on any atom is 0.153 e. The zero-order chi connectivity index (χ0) is 15.5. The van der Waals surface area contributed by atoms with Crippen molar-refractivity contribution in [2.45, 2.75) is 0 Å². The van der Waals surface area contributed by atoms with Crippen LogP contribution in [0.4, 0.5) is 23.3 Å². The molecule has 0 saturated heterocycles. The SMILES string of the molecule is c1ccc(Nc2nc(Nc3cc[nH]n3)cc3ccccc23)nc1. The van der Waals surface area contributed by atoms with E-state index >= 15 is 0 Å².